The number of nitrogens with zero attached hydrogens (tertiary/aromatic N) is 2. The number of aliphatic hydroxyl groups excluding tert-OH is 1. The first-order valence-corrected chi connectivity index (χ1v) is 5.11. The SMILES string of the molecule is Nc1nc(=O)n(C2OC(CO)C(F)(F)C2F)cc1F. The molecule has 1 aromatic heterocycles. The topological polar surface area (TPSA) is 90.4 Å². The molecule has 3 atom stereocenters. The van der Waals surface area contributed by atoms with Crippen molar-refractivity contribution in [1.82, 2.24) is 9.55 Å². The van der Waals surface area contributed by atoms with Gasteiger partial charge in [-0.25, -0.2) is 22.4 Å². The lowest BCUT2D eigenvalue weighted by molar-refractivity contribution is -0.111. The maximum Gasteiger partial charge on any atom is 0.351 e. The van der Waals surface area contributed by atoms with E-state index in [2.05, 4.69) is 9.72 Å². The van der Waals surface area contributed by atoms with Crippen molar-refractivity contribution in [2.24, 2.45) is 0 Å². The maximum absolute atomic E-state index is 13.6. The molecule has 3 N–H and O–H groups in total. The highest BCUT2D eigenvalue weighted by molar-refractivity contribution is 5.26. The number of nitrogens with two attached hydrogens (primary N) is 1. The Morgan fingerprint density at radius 1 is 1.58 bits per heavy atom. The first kappa shape index (κ1) is 13.7. The molecule has 1 aliphatic rings. The molecule has 0 aliphatic carbocycles. The fourth-order valence-corrected chi connectivity index (χ4v) is 1.71. The van der Waals surface area contributed by atoms with E-state index in [1.165, 1.54) is 0 Å². The molecule has 0 bridgehead atoms. The smallest absolute Gasteiger partial charge is 0.351 e. The predicted octanol–water partition coefficient (Wildman–Crippen LogP) is -0.172. The monoisotopic (exact) mass is 283 g/mol. The van der Waals surface area contributed by atoms with Crippen LogP contribution < -0.4 is 11.4 Å². The van der Waals surface area contributed by atoms with Crippen molar-refractivity contribution >= 4 is 5.82 Å². The van der Waals surface area contributed by atoms with E-state index in [4.69, 9.17) is 10.8 Å². The van der Waals surface area contributed by atoms with E-state index in [9.17, 15) is 22.4 Å². The van der Waals surface area contributed by atoms with Crippen LogP contribution in [-0.4, -0.2) is 39.5 Å². The Kier molecular flexibility index (Phi) is 3.22. The van der Waals surface area contributed by atoms with Crippen LogP contribution in [0.25, 0.3) is 0 Å². The number of hydrogen-bond acceptors (Lipinski definition) is 5. The Balaban J connectivity index is 2.44. The summed E-state index contributed by atoms with van der Waals surface area (Å²) < 4.78 is 58.2. The van der Waals surface area contributed by atoms with E-state index < -0.39 is 48.4 Å². The summed E-state index contributed by atoms with van der Waals surface area (Å²) in [4.78, 5) is 14.4. The summed E-state index contributed by atoms with van der Waals surface area (Å²) >= 11 is 0. The van der Waals surface area contributed by atoms with Crippen LogP contribution in [0.2, 0.25) is 0 Å². The number of nitrogen functional groups attached to an aromatic ring is 1. The quantitative estimate of drug-likeness (QED) is 0.735. The third-order valence-electron chi connectivity index (χ3n) is 2.73. The van der Waals surface area contributed by atoms with Gasteiger partial charge in [-0.1, -0.05) is 0 Å². The molecule has 1 fully saturated rings. The molecule has 10 heteroatoms. The van der Waals surface area contributed by atoms with Crippen molar-refractivity contribution < 1.29 is 27.4 Å². The molecule has 106 valence electrons. The van der Waals surface area contributed by atoms with Gasteiger partial charge in [0.2, 0.25) is 6.17 Å². The van der Waals surface area contributed by atoms with Gasteiger partial charge in [0.15, 0.2) is 17.9 Å². The normalized spacial score (nSPS) is 29.6. The average Bonchev–Trinajstić information content (AvgIpc) is 2.56. The van der Waals surface area contributed by atoms with Gasteiger partial charge in [0.05, 0.1) is 12.8 Å². The van der Waals surface area contributed by atoms with Crippen LogP contribution in [0.4, 0.5) is 23.4 Å². The molecule has 0 aromatic carbocycles. The first-order chi connectivity index (χ1) is 8.78. The first-order valence-electron chi connectivity index (χ1n) is 5.11. The molecule has 0 saturated carbocycles. The molecule has 6 nitrogen and oxygen atoms in total. The van der Waals surface area contributed by atoms with Crippen molar-refractivity contribution in [1.29, 1.82) is 0 Å². The van der Waals surface area contributed by atoms with E-state index in [1.54, 1.807) is 0 Å². The van der Waals surface area contributed by atoms with Gasteiger partial charge < -0.3 is 15.6 Å². The molecule has 0 amide bonds. The minimum Gasteiger partial charge on any atom is -0.393 e. The van der Waals surface area contributed by atoms with E-state index in [0.717, 1.165) is 0 Å². The Bertz CT molecular complexity index is 550. The van der Waals surface area contributed by atoms with Gasteiger partial charge in [0.25, 0.3) is 0 Å². The lowest BCUT2D eigenvalue weighted by atomic mass is 10.1. The minimum absolute atomic E-state index is 0.236. The largest absolute Gasteiger partial charge is 0.393 e. The molecule has 2 rings (SSSR count). The number of alkyl halides is 3. The third kappa shape index (κ3) is 2.06. The molecule has 1 aromatic rings. The number of rotatable bonds is 2. The highest BCUT2D eigenvalue weighted by atomic mass is 19.3. The van der Waals surface area contributed by atoms with Crippen LogP contribution >= 0.6 is 0 Å². The fourth-order valence-electron chi connectivity index (χ4n) is 1.71. The molecule has 1 aliphatic heterocycles. The Hall–Kier alpha value is -1.68. The zero-order valence-electron chi connectivity index (χ0n) is 9.26. The van der Waals surface area contributed by atoms with Crippen LogP contribution in [-0.2, 0) is 4.74 Å². The molecule has 2 heterocycles. The number of ether oxygens (including phenoxy) is 1. The molecule has 19 heavy (non-hydrogen) atoms. The van der Waals surface area contributed by atoms with Crippen LogP contribution in [0.5, 0.6) is 0 Å². The van der Waals surface area contributed by atoms with Crippen LogP contribution in [0.1, 0.15) is 6.23 Å². The predicted molar refractivity (Wildman–Crippen MR) is 53.7 cm³/mol. The summed E-state index contributed by atoms with van der Waals surface area (Å²) in [5.74, 6) is -5.91. The van der Waals surface area contributed by atoms with Crippen molar-refractivity contribution in [3.63, 3.8) is 0 Å². The second-order valence-corrected chi connectivity index (χ2v) is 3.94. The highest BCUT2D eigenvalue weighted by Gasteiger charge is 2.60. The fraction of sp³-hybridized carbons (Fsp3) is 0.556. The van der Waals surface area contributed by atoms with Crippen molar-refractivity contribution in [3.8, 4) is 0 Å². The van der Waals surface area contributed by atoms with Crippen LogP contribution in [0, 0.1) is 5.82 Å². The molecule has 0 radical (unpaired) electrons. The molecule has 0 spiro atoms. The van der Waals surface area contributed by atoms with Gasteiger partial charge in [-0.15, -0.1) is 0 Å². The Morgan fingerprint density at radius 3 is 2.74 bits per heavy atom. The standard InChI is InChI=1S/C9H9F4N3O3/c10-3-1-16(8(18)15-6(3)14)7-5(11)9(12,13)4(2-17)19-7/h1,4-5,7,17H,2H2,(H2,14,15,18). The summed E-state index contributed by atoms with van der Waals surface area (Å²) in [6.45, 7) is -1.15. The molecular weight excluding hydrogens is 274 g/mol. The van der Waals surface area contributed by atoms with E-state index in [0.29, 0.717) is 6.20 Å². The van der Waals surface area contributed by atoms with Crippen molar-refractivity contribution in [2.75, 3.05) is 12.3 Å². The number of hydrogen-bond donors (Lipinski definition) is 2. The second kappa shape index (κ2) is 4.46. The third-order valence-corrected chi connectivity index (χ3v) is 2.73. The van der Waals surface area contributed by atoms with Gasteiger partial charge in [0.1, 0.15) is 6.10 Å². The van der Waals surface area contributed by atoms with Gasteiger partial charge >= 0.3 is 11.6 Å². The van der Waals surface area contributed by atoms with E-state index >= 15 is 0 Å². The summed E-state index contributed by atoms with van der Waals surface area (Å²) in [5.41, 5.74) is 3.77. The molecule has 1 saturated heterocycles. The van der Waals surface area contributed by atoms with E-state index in [1.807, 2.05) is 0 Å². The Labute approximate surface area is 103 Å². The minimum atomic E-state index is -4.00. The lowest BCUT2D eigenvalue weighted by Crippen LogP contribution is -2.39. The Morgan fingerprint density at radius 2 is 2.21 bits per heavy atom. The summed E-state index contributed by atoms with van der Waals surface area (Å²) in [5, 5.41) is 8.68. The summed E-state index contributed by atoms with van der Waals surface area (Å²) in [6.07, 6.45) is -6.70. The number of aliphatic hydroxyl groups is 1. The van der Waals surface area contributed by atoms with Crippen molar-refractivity contribution in [2.45, 2.75) is 24.4 Å². The molecule has 3 unspecified atom stereocenters. The van der Waals surface area contributed by atoms with Gasteiger partial charge in [-0.2, -0.15) is 4.98 Å². The maximum atomic E-state index is 13.6. The lowest BCUT2D eigenvalue weighted by Gasteiger charge is -2.16. The van der Waals surface area contributed by atoms with Gasteiger partial charge in [-0.3, -0.25) is 4.57 Å². The average molecular weight is 283 g/mol. The van der Waals surface area contributed by atoms with Gasteiger partial charge in [-0.05, 0) is 0 Å². The van der Waals surface area contributed by atoms with Crippen molar-refractivity contribution in [3.05, 3.63) is 22.5 Å². The highest BCUT2D eigenvalue weighted by Crippen LogP contribution is 2.42. The van der Waals surface area contributed by atoms with Crippen LogP contribution in [0.15, 0.2) is 11.0 Å². The zero-order valence-corrected chi connectivity index (χ0v) is 9.26. The zero-order chi connectivity index (χ0) is 14.4. The number of aromatic nitrogens is 2. The second-order valence-electron chi connectivity index (χ2n) is 3.94. The van der Waals surface area contributed by atoms with Gasteiger partial charge in [0, 0.05) is 0 Å². The van der Waals surface area contributed by atoms with E-state index in [-0.39, 0.29) is 4.57 Å². The molecular formula is C9H9F4N3O3. The van der Waals surface area contributed by atoms with Crippen LogP contribution in [0.3, 0.4) is 0 Å². The summed E-state index contributed by atoms with van der Waals surface area (Å²) in [6, 6.07) is 0. The summed E-state index contributed by atoms with van der Waals surface area (Å²) in [7, 11) is 0. The number of halogens is 4. The number of anilines is 1.